The molecule has 0 bridgehead atoms. The molecule has 1 aromatic rings. The van der Waals surface area contributed by atoms with E-state index in [0.717, 1.165) is 25.9 Å². The zero-order valence-electron chi connectivity index (χ0n) is 10.3. The Morgan fingerprint density at radius 1 is 1.47 bits per heavy atom. The maximum absolute atomic E-state index is 12.1. The Bertz CT molecular complexity index is 545. The standard InChI is InChI=1S/C12H16BrClN2O2S/c13-11-4-3-10(14)6-12(11)16-19(17,18)8-9-2-1-5-15-7-9/h3-4,6,9,15-16H,1-2,5,7-8H2. The van der Waals surface area contributed by atoms with E-state index in [1.54, 1.807) is 18.2 Å². The average molecular weight is 368 g/mol. The number of benzene rings is 1. The van der Waals surface area contributed by atoms with Crippen LogP contribution in [0.15, 0.2) is 22.7 Å². The van der Waals surface area contributed by atoms with Crippen LogP contribution in [0.4, 0.5) is 5.69 Å². The predicted molar refractivity (Wildman–Crippen MR) is 82.2 cm³/mol. The van der Waals surface area contributed by atoms with Crippen molar-refractivity contribution in [2.24, 2.45) is 5.92 Å². The monoisotopic (exact) mass is 366 g/mol. The minimum Gasteiger partial charge on any atom is -0.316 e. The van der Waals surface area contributed by atoms with Gasteiger partial charge in [-0.25, -0.2) is 8.42 Å². The van der Waals surface area contributed by atoms with Gasteiger partial charge in [-0.15, -0.1) is 0 Å². The first-order chi connectivity index (χ1) is 8.96. The Kier molecular flexibility index (Phi) is 5.11. The molecule has 0 amide bonds. The smallest absolute Gasteiger partial charge is 0.233 e. The summed E-state index contributed by atoms with van der Waals surface area (Å²) in [6.45, 7) is 1.74. The third-order valence-corrected chi connectivity index (χ3v) is 5.42. The number of nitrogens with one attached hydrogen (secondary N) is 2. The molecule has 1 atom stereocenters. The van der Waals surface area contributed by atoms with Crippen LogP contribution in [-0.2, 0) is 10.0 Å². The van der Waals surface area contributed by atoms with Crippen LogP contribution in [0.2, 0.25) is 5.02 Å². The lowest BCUT2D eigenvalue weighted by molar-refractivity contribution is 0.404. The third-order valence-electron chi connectivity index (χ3n) is 3.05. The van der Waals surface area contributed by atoms with E-state index in [1.807, 2.05) is 0 Å². The number of sulfonamides is 1. The van der Waals surface area contributed by atoms with E-state index in [2.05, 4.69) is 26.0 Å². The molecule has 0 aromatic heterocycles. The Balaban J connectivity index is 2.05. The lowest BCUT2D eigenvalue weighted by Gasteiger charge is -2.22. The van der Waals surface area contributed by atoms with E-state index in [9.17, 15) is 8.42 Å². The van der Waals surface area contributed by atoms with E-state index < -0.39 is 10.0 Å². The van der Waals surface area contributed by atoms with Gasteiger partial charge in [0.25, 0.3) is 0 Å². The van der Waals surface area contributed by atoms with Gasteiger partial charge in [0.1, 0.15) is 0 Å². The molecular formula is C12H16BrClN2O2S. The van der Waals surface area contributed by atoms with Crippen LogP contribution in [0.3, 0.4) is 0 Å². The molecule has 0 spiro atoms. The summed E-state index contributed by atoms with van der Waals surface area (Å²) >= 11 is 9.18. The maximum Gasteiger partial charge on any atom is 0.233 e. The van der Waals surface area contributed by atoms with Crippen molar-refractivity contribution in [1.82, 2.24) is 5.32 Å². The number of halogens is 2. The number of piperidine rings is 1. The summed E-state index contributed by atoms with van der Waals surface area (Å²) < 4.78 is 27.5. The molecular weight excluding hydrogens is 352 g/mol. The van der Waals surface area contributed by atoms with Gasteiger partial charge in [0.2, 0.25) is 10.0 Å². The van der Waals surface area contributed by atoms with Crippen LogP contribution in [0.5, 0.6) is 0 Å². The number of anilines is 1. The molecule has 0 aliphatic carbocycles. The minimum atomic E-state index is -3.35. The van der Waals surface area contributed by atoms with E-state index in [1.165, 1.54) is 0 Å². The van der Waals surface area contributed by atoms with E-state index in [4.69, 9.17) is 11.6 Å². The molecule has 1 heterocycles. The van der Waals surface area contributed by atoms with E-state index >= 15 is 0 Å². The lowest BCUT2D eigenvalue weighted by Crippen LogP contribution is -2.35. The van der Waals surface area contributed by atoms with Gasteiger partial charge in [0, 0.05) is 9.50 Å². The molecule has 1 fully saturated rings. The first-order valence-electron chi connectivity index (χ1n) is 6.12. The summed E-state index contributed by atoms with van der Waals surface area (Å²) in [6.07, 6.45) is 1.98. The minimum absolute atomic E-state index is 0.138. The molecule has 1 unspecified atom stereocenters. The van der Waals surface area contributed by atoms with Crippen molar-refractivity contribution in [3.63, 3.8) is 0 Å². The maximum atomic E-state index is 12.1. The van der Waals surface area contributed by atoms with Gasteiger partial charge in [-0.1, -0.05) is 11.6 Å². The number of rotatable bonds is 4. The van der Waals surface area contributed by atoms with E-state index in [0.29, 0.717) is 15.2 Å². The SMILES string of the molecule is O=S(=O)(CC1CCCNC1)Nc1cc(Cl)ccc1Br. The largest absolute Gasteiger partial charge is 0.316 e. The quantitative estimate of drug-likeness (QED) is 0.860. The fraction of sp³-hybridized carbons (Fsp3) is 0.500. The molecule has 0 radical (unpaired) electrons. The zero-order chi connectivity index (χ0) is 13.9. The Morgan fingerprint density at radius 3 is 2.95 bits per heavy atom. The molecule has 19 heavy (non-hydrogen) atoms. The molecule has 1 aliphatic rings. The summed E-state index contributed by atoms with van der Waals surface area (Å²) in [7, 11) is -3.35. The van der Waals surface area contributed by atoms with Crippen LogP contribution >= 0.6 is 27.5 Å². The molecule has 2 N–H and O–H groups in total. The summed E-state index contributed by atoms with van der Waals surface area (Å²) in [5, 5.41) is 3.72. The van der Waals surface area contributed by atoms with Crippen molar-refractivity contribution in [2.45, 2.75) is 12.8 Å². The van der Waals surface area contributed by atoms with Gasteiger partial charge < -0.3 is 5.32 Å². The van der Waals surface area contributed by atoms with Crippen molar-refractivity contribution in [3.8, 4) is 0 Å². The predicted octanol–water partition coefficient (Wildman–Crippen LogP) is 2.84. The van der Waals surface area contributed by atoms with Crippen LogP contribution in [0.1, 0.15) is 12.8 Å². The fourth-order valence-electron chi connectivity index (χ4n) is 2.16. The molecule has 0 saturated carbocycles. The molecule has 106 valence electrons. The van der Waals surface area contributed by atoms with E-state index in [-0.39, 0.29) is 11.7 Å². The first-order valence-corrected chi connectivity index (χ1v) is 8.95. The molecule has 1 aliphatic heterocycles. The van der Waals surface area contributed by atoms with Crippen molar-refractivity contribution in [3.05, 3.63) is 27.7 Å². The highest BCUT2D eigenvalue weighted by Gasteiger charge is 2.21. The summed E-state index contributed by atoms with van der Waals surface area (Å²) in [4.78, 5) is 0. The van der Waals surface area contributed by atoms with Crippen LogP contribution < -0.4 is 10.0 Å². The summed E-state index contributed by atoms with van der Waals surface area (Å²) in [5.74, 6) is 0.308. The topological polar surface area (TPSA) is 58.2 Å². The van der Waals surface area contributed by atoms with Crippen molar-refractivity contribution in [2.75, 3.05) is 23.6 Å². The summed E-state index contributed by atoms with van der Waals surface area (Å²) in [6, 6.07) is 5.03. The van der Waals surface area contributed by atoms with Crippen LogP contribution in [0, 0.1) is 5.92 Å². The number of hydrogen-bond donors (Lipinski definition) is 2. The molecule has 2 rings (SSSR count). The molecule has 7 heteroatoms. The van der Waals surface area contributed by atoms with Crippen molar-refractivity contribution >= 4 is 43.2 Å². The van der Waals surface area contributed by atoms with Gasteiger partial charge in [-0.05, 0) is 66.0 Å². The van der Waals surface area contributed by atoms with Gasteiger partial charge in [0.15, 0.2) is 0 Å². The third kappa shape index (κ3) is 4.63. The highest BCUT2D eigenvalue weighted by molar-refractivity contribution is 9.10. The highest BCUT2D eigenvalue weighted by atomic mass is 79.9. The Hall–Kier alpha value is -0.300. The molecule has 1 aromatic carbocycles. The first kappa shape index (κ1) is 15.1. The second-order valence-electron chi connectivity index (χ2n) is 4.72. The van der Waals surface area contributed by atoms with Gasteiger partial charge >= 0.3 is 0 Å². The highest BCUT2D eigenvalue weighted by Crippen LogP contribution is 2.27. The van der Waals surface area contributed by atoms with Gasteiger partial charge in [0.05, 0.1) is 11.4 Å². The van der Waals surface area contributed by atoms with Gasteiger partial charge in [-0.3, -0.25) is 4.72 Å². The summed E-state index contributed by atoms with van der Waals surface area (Å²) in [5.41, 5.74) is 0.483. The van der Waals surface area contributed by atoms with Gasteiger partial charge in [-0.2, -0.15) is 0 Å². The van der Waals surface area contributed by atoms with Crippen LogP contribution in [0.25, 0.3) is 0 Å². The lowest BCUT2D eigenvalue weighted by atomic mass is 10.0. The second-order valence-corrected chi connectivity index (χ2v) is 7.78. The normalized spacial score (nSPS) is 20.2. The molecule has 4 nitrogen and oxygen atoms in total. The Labute approximate surface area is 127 Å². The van der Waals surface area contributed by atoms with Crippen LogP contribution in [-0.4, -0.2) is 27.3 Å². The number of hydrogen-bond acceptors (Lipinski definition) is 3. The average Bonchev–Trinajstić information content (AvgIpc) is 2.34. The second kappa shape index (κ2) is 6.43. The van der Waals surface area contributed by atoms with Crippen molar-refractivity contribution < 1.29 is 8.42 Å². The fourth-order valence-corrected chi connectivity index (χ4v) is 4.30. The Morgan fingerprint density at radius 2 is 2.26 bits per heavy atom. The molecule has 1 saturated heterocycles. The van der Waals surface area contributed by atoms with Crippen molar-refractivity contribution in [1.29, 1.82) is 0 Å². The zero-order valence-corrected chi connectivity index (χ0v) is 13.5.